The van der Waals surface area contributed by atoms with E-state index in [0.29, 0.717) is 17.5 Å². The molecule has 1 aromatic heterocycles. The van der Waals surface area contributed by atoms with Crippen LogP contribution in [0.25, 0.3) is 11.0 Å². The number of hydrogen-bond acceptors (Lipinski definition) is 10. The first-order chi connectivity index (χ1) is 24.5. The van der Waals surface area contributed by atoms with Crippen LogP contribution in [0.15, 0.2) is 54.6 Å². The van der Waals surface area contributed by atoms with Crippen LogP contribution in [0.1, 0.15) is 130 Å². The summed E-state index contributed by atoms with van der Waals surface area (Å²) in [4.78, 5) is 58.6. The van der Waals surface area contributed by atoms with Crippen LogP contribution < -0.4 is 10.2 Å². The van der Waals surface area contributed by atoms with Crippen LogP contribution in [0.4, 0.5) is 4.79 Å². The Labute approximate surface area is 301 Å². The number of para-hydroxylation sites is 1. The van der Waals surface area contributed by atoms with Gasteiger partial charge in [-0.2, -0.15) is 0 Å². The smallest absolute Gasteiger partial charge is 0.408 e. The summed E-state index contributed by atoms with van der Waals surface area (Å²) in [5.74, 6) is -1.98. The van der Waals surface area contributed by atoms with Crippen molar-refractivity contribution in [2.24, 2.45) is 0 Å². The number of carbonyl (C=O) groups excluding carboxylic acids is 4. The van der Waals surface area contributed by atoms with Crippen LogP contribution in [-0.4, -0.2) is 56.9 Å². The van der Waals surface area contributed by atoms with Crippen molar-refractivity contribution < 1.29 is 38.2 Å². The van der Waals surface area contributed by atoms with Gasteiger partial charge < -0.3 is 24.4 Å². The standard InChI is InChI=1S/C39H56N4O8/c1-5-6-7-8-9-10-11-12-13-14-18-23-31(28-36(45)51-43-34-25-20-19-24-32(34)41-42-43)49-37(46)33(26-27-35(44)50-39(2,3)4)40-38(47)48-29-30-21-16-15-17-22-30/h15-17,19-22,24-25,31,33H,5-14,18,23,26-29H2,1-4H3,(H,40,47)/t31-,33+/m1/s1. The summed E-state index contributed by atoms with van der Waals surface area (Å²) >= 11 is 0. The molecule has 2 atom stereocenters. The third kappa shape index (κ3) is 16.9. The van der Waals surface area contributed by atoms with Gasteiger partial charge in [0.05, 0.1) is 6.42 Å². The van der Waals surface area contributed by atoms with Gasteiger partial charge in [0.2, 0.25) is 0 Å². The Balaban J connectivity index is 1.62. The van der Waals surface area contributed by atoms with Gasteiger partial charge in [0.1, 0.15) is 35.4 Å². The third-order valence-corrected chi connectivity index (χ3v) is 8.16. The molecule has 51 heavy (non-hydrogen) atoms. The quantitative estimate of drug-likeness (QED) is 0.0448. The normalized spacial score (nSPS) is 12.5. The first kappa shape index (κ1) is 40.9. The van der Waals surface area contributed by atoms with Gasteiger partial charge in [-0.15, -0.1) is 5.10 Å². The lowest BCUT2D eigenvalue weighted by molar-refractivity contribution is -0.158. The Morgan fingerprint density at radius 3 is 2.08 bits per heavy atom. The number of nitrogens with zero attached hydrogens (tertiary/aromatic N) is 3. The van der Waals surface area contributed by atoms with Crippen LogP contribution in [0, 0.1) is 0 Å². The molecule has 1 N–H and O–H groups in total. The fraction of sp³-hybridized carbons (Fsp3) is 0.590. The molecule has 0 radical (unpaired) electrons. The molecule has 0 fully saturated rings. The highest BCUT2D eigenvalue weighted by molar-refractivity contribution is 5.83. The second-order valence-corrected chi connectivity index (χ2v) is 13.9. The molecule has 0 saturated carbocycles. The van der Waals surface area contributed by atoms with Gasteiger partial charge in [0.15, 0.2) is 0 Å². The summed E-state index contributed by atoms with van der Waals surface area (Å²) in [5.41, 5.74) is 1.13. The molecule has 280 valence electrons. The van der Waals surface area contributed by atoms with Gasteiger partial charge in [-0.3, -0.25) is 4.79 Å². The largest absolute Gasteiger partial charge is 0.460 e. The van der Waals surface area contributed by atoms with Crippen molar-refractivity contribution in [1.29, 1.82) is 0 Å². The Morgan fingerprint density at radius 2 is 1.41 bits per heavy atom. The van der Waals surface area contributed by atoms with E-state index < -0.39 is 41.7 Å². The minimum atomic E-state index is -1.23. The number of fused-ring (bicyclic) bond motifs is 1. The van der Waals surface area contributed by atoms with Gasteiger partial charge >= 0.3 is 24.0 Å². The molecule has 3 aromatic rings. The van der Waals surface area contributed by atoms with Gasteiger partial charge in [-0.1, -0.05) is 118 Å². The number of nitrogens with one attached hydrogen (secondary N) is 1. The predicted molar refractivity (Wildman–Crippen MR) is 193 cm³/mol. The number of ether oxygens (including phenoxy) is 3. The van der Waals surface area contributed by atoms with Crippen LogP contribution in [0.5, 0.6) is 0 Å². The van der Waals surface area contributed by atoms with E-state index in [1.165, 1.54) is 44.9 Å². The van der Waals surface area contributed by atoms with Crippen molar-refractivity contribution in [1.82, 2.24) is 20.5 Å². The second-order valence-electron chi connectivity index (χ2n) is 13.9. The maximum atomic E-state index is 13.6. The highest BCUT2D eigenvalue weighted by Gasteiger charge is 2.29. The van der Waals surface area contributed by atoms with E-state index in [1.54, 1.807) is 45.0 Å². The van der Waals surface area contributed by atoms with Crippen molar-refractivity contribution in [3.63, 3.8) is 0 Å². The summed E-state index contributed by atoms with van der Waals surface area (Å²) in [7, 11) is 0. The van der Waals surface area contributed by atoms with Crippen molar-refractivity contribution in [3.05, 3.63) is 60.2 Å². The second kappa shape index (κ2) is 22.4. The summed E-state index contributed by atoms with van der Waals surface area (Å²) in [5, 5.41) is 10.5. The highest BCUT2D eigenvalue weighted by Crippen LogP contribution is 2.18. The van der Waals surface area contributed by atoms with Crippen LogP contribution in [-0.2, 0) is 35.2 Å². The highest BCUT2D eigenvalue weighted by atomic mass is 16.7. The number of benzene rings is 2. The number of unbranched alkanes of at least 4 members (excludes halogenated alkanes) is 10. The van der Waals surface area contributed by atoms with E-state index in [1.807, 2.05) is 30.3 Å². The predicted octanol–water partition coefficient (Wildman–Crippen LogP) is 7.81. The molecular formula is C39H56N4O8. The lowest BCUT2D eigenvalue weighted by Crippen LogP contribution is -2.44. The number of alkyl carbamates (subject to hydrolysis) is 1. The van der Waals surface area contributed by atoms with E-state index in [9.17, 15) is 19.2 Å². The summed E-state index contributed by atoms with van der Waals surface area (Å²) in [6, 6.07) is 14.9. The van der Waals surface area contributed by atoms with Crippen LogP contribution in [0.2, 0.25) is 0 Å². The molecule has 0 aliphatic carbocycles. The van der Waals surface area contributed by atoms with E-state index in [-0.39, 0.29) is 25.9 Å². The Kier molecular flexibility index (Phi) is 18.0. The van der Waals surface area contributed by atoms with E-state index in [2.05, 4.69) is 22.6 Å². The molecule has 1 amide bonds. The summed E-state index contributed by atoms with van der Waals surface area (Å²) < 4.78 is 16.6. The molecule has 0 unspecified atom stereocenters. The maximum absolute atomic E-state index is 13.6. The molecule has 12 nitrogen and oxygen atoms in total. The third-order valence-electron chi connectivity index (χ3n) is 8.16. The van der Waals surface area contributed by atoms with E-state index in [0.717, 1.165) is 36.1 Å². The number of hydrogen-bond donors (Lipinski definition) is 1. The molecular weight excluding hydrogens is 652 g/mol. The number of amides is 1. The monoisotopic (exact) mass is 708 g/mol. The molecule has 12 heteroatoms. The zero-order valence-electron chi connectivity index (χ0n) is 30.8. The Morgan fingerprint density at radius 1 is 0.784 bits per heavy atom. The van der Waals surface area contributed by atoms with Gasteiger partial charge in [-0.05, 0) is 62.9 Å². The van der Waals surface area contributed by atoms with E-state index >= 15 is 0 Å². The van der Waals surface area contributed by atoms with Gasteiger partial charge in [0, 0.05) is 6.42 Å². The lowest BCUT2D eigenvalue weighted by Gasteiger charge is -2.23. The average Bonchev–Trinajstić information content (AvgIpc) is 3.50. The van der Waals surface area contributed by atoms with Crippen molar-refractivity contribution in [2.75, 3.05) is 0 Å². The zero-order valence-corrected chi connectivity index (χ0v) is 30.8. The van der Waals surface area contributed by atoms with Crippen LogP contribution in [0.3, 0.4) is 0 Å². The lowest BCUT2D eigenvalue weighted by atomic mass is 10.0. The zero-order chi connectivity index (χ0) is 36.9. The average molecular weight is 709 g/mol. The number of rotatable bonds is 23. The molecule has 1 heterocycles. The Bertz CT molecular complexity index is 1490. The van der Waals surface area contributed by atoms with E-state index in [4.69, 9.17) is 19.0 Å². The van der Waals surface area contributed by atoms with Crippen LogP contribution >= 0.6 is 0 Å². The number of esters is 2. The summed E-state index contributed by atoms with van der Waals surface area (Å²) in [6.07, 6.45) is 10.9. The fourth-order valence-electron chi connectivity index (χ4n) is 5.53. The van der Waals surface area contributed by atoms with Crippen molar-refractivity contribution >= 4 is 35.0 Å². The molecule has 0 bridgehead atoms. The van der Waals surface area contributed by atoms with Crippen molar-refractivity contribution in [3.8, 4) is 0 Å². The molecule has 0 aliphatic heterocycles. The minimum absolute atomic E-state index is 0.00913. The molecule has 2 aromatic carbocycles. The maximum Gasteiger partial charge on any atom is 0.408 e. The topological polar surface area (TPSA) is 148 Å². The Hall–Kier alpha value is -4.48. The minimum Gasteiger partial charge on any atom is -0.460 e. The molecule has 0 spiro atoms. The molecule has 0 aliphatic rings. The molecule has 3 rings (SSSR count). The fourth-order valence-corrected chi connectivity index (χ4v) is 5.53. The first-order valence-electron chi connectivity index (χ1n) is 18.4. The van der Waals surface area contributed by atoms with Gasteiger partial charge in [-0.25, -0.2) is 14.4 Å². The number of aromatic nitrogens is 3. The van der Waals surface area contributed by atoms with Crippen molar-refractivity contribution in [2.45, 2.75) is 148 Å². The SMILES string of the molecule is CCCCCCCCCCCCC[C@H](CC(=O)On1nnc2ccccc21)OC(=O)[C@H](CCC(=O)OC(C)(C)C)NC(=O)OCc1ccccc1. The first-order valence-corrected chi connectivity index (χ1v) is 18.4. The summed E-state index contributed by atoms with van der Waals surface area (Å²) in [6.45, 7) is 7.45. The molecule has 0 saturated heterocycles. The number of carbonyl (C=O) groups is 4. The van der Waals surface area contributed by atoms with Gasteiger partial charge in [0.25, 0.3) is 0 Å².